The van der Waals surface area contributed by atoms with Crippen LogP contribution in [0.3, 0.4) is 0 Å². The molecule has 0 bridgehead atoms. The first kappa shape index (κ1) is 29.7. The van der Waals surface area contributed by atoms with E-state index in [0.29, 0.717) is 61.3 Å². The zero-order chi connectivity index (χ0) is 30.3. The van der Waals surface area contributed by atoms with Gasteiger partial charge in [0.15, 0.2) is 0 Å². The number of piperidine rings is 1. The van der Waals surface area contributed by atoms with Gasteiger partial charge in [-0.2, -0.15) is 0 Å². The van der Waals surface area contributed by atoms with Gasteiger partial charge in [-0.3, -0.25) is 0 Å². The molecule has 2 fully saturated rings. The van der Waals surface area contributed by atoms with Gasteiger partial charge in [-0.25, -0.2) is 28.5 Å². The molecule has 5 rings (SSSR count). The number of hydrogen-bond donors (Lipinski definition) is 1. The highest BCUT2D eigenvalue weighted by Gasteiger charge is 2.38. The molecule has 9 nitrogen and oxygen atoms in total. The number of anilines is 2. The van der Waals surface area contributed by atoms with E-state index in [9.17, 15) is 9.18 Å². The van der Waals surface area contributed by atoms with Gasteiger partial charge < -0.3 is 24.8 Å². The maximum Gasteiger partial charge on any atom is 0.410 e. The quantitative estimate of drug-likeness (QED) is 0.399. The van der Waals surface area contributed by atoms with Crippen molar-refractivity contribution in [1.82, 2.24) is 24.4 Å². The molecule has 3 aromatic rings. The van der Waals surface area contributed by atoms with Crippen LogP contribution in [0.2, 0.25) is 0 Å². The van der Waals surface area contributed by atoms with Crippen molar-refractivity contribution < 1.29 is 18.3 Å². The van der Waals surface area contributed by atoms with Crippen molar-refractivity contribution in [3.63, 3.8) is 0 Å². The van der Waals surface area contributed by atoms with E-state index in [-0.39, 0.29) is 30.3 Å². The predicted molar refractivity (Wildman–Crippen MR) is 159 cm³/mol. The highest BCUT2D eigenvalue weighted by Crippen LogP contribution is 2.37. The molecule has 1 aromatic carbocycles. The summed E-state index contributed by atoms with van der Waals surface area (Å²) in [5.74, 6) is 1.34. The van der Waals surface area contributed by atoms with Crippen molar-refractivity contribution in [2.24, 2.45) is 5.92 Å². The van der Waals surface area contributed by atoms with Gasteiger partial charge in [0.1, 0.15) is 41.4 Å². The summed E-state index contributed by atoms with van der Waals surface area (Å²) in [5, 5.41) is 0. The number of aryl methyl sites for hydroxylation is 1. The summed E-state index contributed by atoms with van der Waals surface area (Å²) in [6, 6.07) is 4.90. The molecule has 42 heavy (non-hydrogen) atoms. The van der Waals surface area contributed by atoms with Gasteiger partial charge in [0.2, 0.25) is 0 Å². The first-order chi connectivity index (χ1) is 19.8. The second-order valence-corrected chi connectivity index (χ2v) is 12.9. The van der Waals surface area contributed by atoms with Crippen LogP contribution in [0.1, 0.15) is 69.8 Å². The normalized spacial score (nSPS) is 19.7. The van der Waals surface area contributed by atoms with Crippen molar-refractivity contribution >= 4 is 17.7 Å². The Morgan fingerprint density at radius 2 is 1.93 bits per heavy atom. The number of aromatic nitrogens is 4. The number of hydrogen-bond acceptors (Lipinski definition) is 7. The van der Waals surface area contributed by atoms with Crippen LogP contribution in [-0.4, -0.2) is 68.5 Å². The van der Waals surface area contributed by atoms with E-state index in [2.05, 4.69) is 9.97 Å². The third-order valence-electron chi connectivity index (χ3n) is 7.97. The maximum atomic E-state index is 16.1. The predicted octanol–water partition coefficient (Wildman–Crippen LogP) is 5.69. The third kappa shape index (κ3) is 6.19. The molecule has 0 spiro atoms. The van der Waals surface area contributed by atoms with Crippen LogP contribution in [0.25, 0.3) is 11.3 Å². The number of ether oxygens (including phenoxy) is 1. The number of nitrogens with zero attached hydrogens (tertiary/aromatic N) is 6. The summed E-state index contributed by atoms with van der Waals surface area (Å²) in [4.78, 5) is 29.6. The fourth-order valence-electron chi connectivity index (χ4n) is 5.85. The summed E-state index contributed by atoms with van der Waals surface area (Å²) in [6.45, 7) is 13.8. The molecule has 2 atom stereocenters. The number of carbonyl (C=O) groups excluding carboxylic acids is 1. The molecule has 11 heteroatoms. The molecule has 0 radical (unpaired) electrons. The summed E-state index contributed by atoms with van der Waals surface area (Å²) < 4.78 is 37.6. The Hall–Kier alpha value is -3.76. The standard InChI is InChI=1S/C31H41F2N7O2/c1-18(2)26-27(34)35-17-36-29(26)38-10-9-22(24(33)15-38)28-37-25(21-7-8-23(32)19(3)11-21)16-39(28)12-20-13-40(14-20)30(41)42-31(4,5)6/h7-8,11,16-18,20,22,24H,9-10,12-15H2,1-6H3,(H2,34,35,36)/t22-,24+/m1/s1. The van der Waals surface area contributed by atoms with Crippen LogP contribution in [0.15, 0.2) is 30.7 Å². The van der Waals surface area contributed by atoms with Crippen LogP contribution in [0, 0.1) is 18.7 Å². The number of halogens is 2. The van der Waals surface area contributed by atoms with Gasteiger partial charge in [-0.05, 0) is 63.8 Å². The average molecular weight is 582 g/mol. The Morgan fingerprint density at radius 3 is 2.57 bits per heavy atom. The molecule has 2 aromatic heterocycles. The van der Waals surface area contributed by atoms with E-state index in [1.165, 1.54) is 12.4 Å². The lowest BCUT2D eigenvalue weighted by molar-refractivity contribution is -0.00352. The monoisotopic (exact) mass is 581 g/mol. The lowest BCUT2D eigenvalue weighted by Crippen LogP contribution is -2.53. The minimum absolute atomic E-state index is 0.0975. The number of carbonyl (C=O) groups is 1. The first-order valence-corrected chi connectivity index (χ1v) is 14.6. The van der Waals surface area contributed by atoms with Crippen molar-refractivity contribution in [3.8, 4) is 11.3 Å². The van der Waals surface area contributed by atoms with Crippen LogP contribution >= 0.6 is 0 Å². The Bertz CT molecular complexity index is 1450. The summed E-state index contributed by atoms with van der Waals surface area (Å²) >= 11 is 0. The summed E-state index contributed by atoms with van der Waals surface area (Å²) in [7, 11) is 0. The van der Waals surface area contributed by atoms with E-state index in [1.807, 2.05) is 50.3 Å². The zero-order valence-corrected chi connectivity index (χ0v) is 25.3. The van der Waals surface area contributed by atoms with E-state index >= 15 is 4.39 Å². The minimum Gasteiger partial charge on any atom is -0.444 e. The molecule has 0 saturated carbocycles. The van der Waals surface area contributed by atoms with Crippen LogP contribution in [0.5, 0.6) is 0 Å². The number of nitrogens with two attached hydrogens (primary N) is 1. The molecule has 2 saturated heterocycles. The number of nitrogen functional groups attached to an aromatic ring is 1. The topological polar surface area (TPSA) is 102 Å². The van der Waals surface area contributed by atoms with Gasteiger partial charge in [-0.1, -0.05) is 13.8 Å². The maximum absolute atomic E-state index is 16.1. The van der Waals surface area contributed by atoms with Gasteiger partial charge in [0, 0.05) is 49.4 Å². The highest BCUT2D eigenvalue weighted by molar-refractivity contribution is 5.69. The number of likely N-dealkylation sites (tertiary alicyclic amines) is 1. The molecule has 0 aliphatic carbocycles. The number of benzene rings is 1. The Labute approximate surface area is 246 Å². The fourth-order valence-corrected chi connectivity index (χ4v) is 5.85. The summed E-state index contributed by atoms with van der Waals surface area (Å²) in [6.07, 6.45) is 2.38. The Morgan fingerprint density at radius 1 is 1.19 bits per heavy atom. The molecular weight excluding hydrogens is 540 g/mol. The van der Waals surface area contributed by atoms with E-state index in [1.54, 1.807) is 24.0 Å². The van der Waals surface area contributed by atoms with Crippen molar-refractivity contribution in [3.05, 3.63) is 53.5 Å². The van der Waals surface area contributed by atoms with E-state index in [0.717, 1.165) is 11.1 Å². The fraction of sp³-hybridized carbons (Fsp3) is 0.548. The first-order valence-electron chi connectivity index (χ1n) is 14.6. The minimum atomic E-state index is -1.20. The number of rotatable bonds is 6. The molecule has 4 heterocycles. The Balaban J connectivity index is 1.38. The lowest BCUT2D eigenvalue weighted by Gasteiger charge is -2.40. The second-order valence-electron chi connectivity index (χ2n) is 12.9. The van der Waals surface area contributed by atoms with Gasteiger partial charge >= 0.3 is 6.09 Å². The van der Waals surface area contributed by atoms with Gasteiger partial charge in [-0.15, -0.1) is 0 Å². The molecule has 226 valence electrons. The average Bonchev–Trinajstić information content (AvgIpc) is 3.29. The molecule has 1 amide bonds. The van der Waals surface area contributed by atoms with Crippen molar-refractivity contribution in [1.29, 1.82) is 0 Å². The smallest absolute Gasteiger partial charge is 0.410 e. The number of alkyl halides is 1. The largest absolute Gasteiger partial charge is 0.444 e. The van der Waals surface area contributed by atoms with Gasteiger partial charge in [0.25, 0.3) is 0 Å². The third-order valence-corrected chi connectivity index (χ3v) is 7.97. The van der Waals surface area contributed by atoms with E-state index in [4.69, 9.17) is 15.5 Å². The van der Waals surface area contributed by atoms with Gasteiger partial charge in [0.05, 0.1) is 18.2 Å². The lowest BCUT2D eigenvalue weighted by atomic mass is 9.92. The van der Waals surface area contributed by atoms with Crippen LogP contribution in [0.4, 0.5) is 25.2 Å². The molecule has 0 unspecified atom stereocenters. The van der Waals surface area contributed by atoms with E-state index < -0.39 is 17.7 Å². The molecule has 2 N–H and O–H groups in total. The Kier molecular flexibility index (Phi) is 8.13. The second kappa shape index (κ2) is 11.5. The number of amides is 1. The molecule has 2 aliphatic rings. The SMILES string of the molecule is Cc1cc(-c2cn(CC3CN(C(=O)OC(C)(C)C)C3)c([C@@H]3CCN(c4ncnc(N)c4C(C)C)C[C@@H]3F)n2)ccc1F. The number of imidazole rings is 1. The van der Waals surface area contributed by atoms with Crippen molar-refractivity contribution in [2.45, 2.75) is 78.1 Å². The van der Waals surface area contributed by atoms with Crippen molar-refractivity contribution in [2.75, 3.05) is 36.8 Å². The molecular formula is C31H41F2N7O2. The highest BCUT2D eigenvalue weighted by atomic mass is 19.1. The zero-order valence-electron chi connectivity index (χ0n) is 25.3. The van der Waals surface area contributed by atoms with Crippen LogP contribution < -0.4 is 10.6 Å². The molecule has 2 aliphatic heterocycles. The summed E-state index contributed by atoms with van der Waals surface area (Å²) in [5.41, 5.74) is 8.42. The van der Waals surface area contributed by atoms with Crippen LogP contribution in [-0.2, 0) is 11.3 Å².